The molecule has 2 amide bonds. The molecule has 5 nitrogen and oxygen atoms in total. The first-order chi connectivity index (χ1) is 8.84. The van der Waals surface area contributed by atoms with Crippen molar-refractivity contribution in [1.29, 1.82) is 0 Å². The molecule has 0 aromatic heterocycles. The Morgan fingerprint density at radius 3 is 2.21 bits per heavy atom. The van der Waals surface area contributed by atoms with E-state index in [0.29, 0.717) is 13.0 Å². The highest BCUT2D eigenvalue weighted by atomic mass is 32.1. The van der Waals surface area contributed by atoms with E-state index in [9.17, 15) is 9.59 Å². The second kappa shape index (κ2) is 6.43. The Labute approximate surface area is 120 Å². The molecular formula is C13H23N3O2S. The molecule has 2 N–H and O–H groups in total. The second-order valence-electron chi connectivity index (χ2n) is 5.45. The van der Waals surface area contributed by atoms with Crippen LogP contribution in [-0.4, -0.2) is 42.5 Å². The van der Waals surface area contributed by atoms with Crippen molar-refractivity contribution in [3.8, 4) is 0 Å². The first-order valence-electron chi connectivity index (χ1n) is 6.66. The van der Waals surface area contributed by atoms with E-state index in [4.69, 9.17) is 12.2 Å². The molecule has 0 spiro atoms. The molecule has 1 atom stereocenters. The van der Waals surface area contributed by atoms with Crippen LogP contribution in [0.3, 0.4) is 0 Å². The molecular weight excluding hydrogens is 262 g/mol. The molecule has 1 heterocycles. The number of nitrogens with one attached hydrogen (secondary N) is 2. The maximum absolute atomic E-state index is 12.4. The third-order valence-electron chi connectivity index (χ3n) is 3.78. The molecule has 1 aliphatic heterocycles. The first kappa shape index (κ1) is 16.0. The van der Waals surface area contributed by atoms with Gasteiger partial charge in [-0.3, -0.25) is 9.59 Å². The van der Waals surface area contributed by atoms with E-state index in [2.05, 4.69) is 17.6 Å². The molecule has 1 unspecified atom stereocenters. The molecule has 0 aromatic rings. The minimum absolute atomic E-state index is 0.0134. The number of amides is 2. The van der Waals surface area contributed by atoms with Crippen LogP contribution in [0.15, 0.2) is 0 Å². The Morgan fingerprint density at radius 1 is 1.26 bits per heavy atom. The van der Waals surface area contributed by atoms with Gasteiger partial charge in [0.1, 0.15) is 5.41 Å². The van der Waals surface area contributed by atoms with Gasteiger partial charge in [0.2, 0.25) is 11.8 Å². The van der Waals surface area contributed by atoms with E-state index < -0.39 is 5.41 Å². The number of nitrogens with zero attached hydrogens (tertiary/aromatic N) is 1. The molecule has 0 aliphatic carbocycles. The molecule has 1 aliphatic rings. The largest absolute Gasteiger partial charge is 0.309 e. The van der Waals surface area contributed by atoms with E-state index >= 15 is 0 Å². The zero-order chi connectivity index (χ0) is 14.6. The van der Waals surface area contributed by atoms with Crippen LogP contribution in [0.4, 0.5) is 0 Å². The summed E-state index contributed by atoms with van der Waals surface area (Å²) in [5, 5.41) is 5.32. The van der Waals surface area contributed by atoms with Gasteiger partial charge in [0.25, 0.3) is 0 Å². The van der Waals surface area contributed by atoms with Crippen LogP contribution in [0.1, 0.15) is 33.1 Å². The Hall–Kier alpha value is -1.01. The van der Waals surface area contributed by atoms with E-state index in [0.717, 1.165) is 12.8 Å². The second-order valence-corrected chi connectivity index (χ2v) is 5.86. The van der Waals surface area contributed by atoms with Crippen molar-refractivity contribution in [3.63, 3.8) is 0 Å². The lowest BCUT2D eigenvalue weighted by molar-refractivity contribution is -0.148. The predicted molar refractivity (Wildman–Crippen MR) is 78.6 cm³/mol. The monoisotopic (exact) mass is 285 g/mol. The molecule has 6 heteroatoms. The molecule has 19 heavy (non-hydrogen) atoms. The number of rotatable bonds is 6. The fourth-order valence-corrected chi connectivity index (χ4v) is 2.75. The minimum atomic E-state index is -1.01. The van der Waals surface area contributed by atoms with Crippen molar-refractivity contribution in [1.82, 2.24) is 15.5 Å². The summed E-state index contributed by atoms with van der Waals surface area (Å²) in [4.78, 5) is 26.8. The van der Waals surface area contributed by atoms with Gasteiger partial charge in [-0.1, -0.05) is 20.3 Å². The number of hydrogen-bond donors (Lipinski definition) is 2. The maximum atomic E-state index is 12.4. The van der Waals surface area contributed by atoms with Gasteiger partial charge in [-0.05, 0) is 51.6 Å². The highest BCUT2D eigenvalue weighted by Crippen LogP contribution is 2.37. The van der Waals surface area contributed by atoms with Gasteiger partial charge >= 0.3 is 0 Å². The van der Waals surface area contributed by atoms with Crippen LogP contribution >= 0.6 is 12.2 Å². The highest BCUT2D eigenvalue weighted by molar-refractivity contribution is 7.80. The SMILES string of the molecule is CCCC(C)C1(CCN(C)C)C(=O)NC(=S)NC1=O. The zero-order valence-electron chi connectivity index (χ0n) is 12.1. The predicted octanol–water partition coefficient (Wildman–Crippen LogP) is 0.892. The van der Waals surface area contributed by atoms with Crippen molar-refractivity contribution in [3.05, 3.63) is 0 Å². The van der Waals surface area contributed by atoms with Gasteiger partial charge in [0.15, 0.2) is 5.11 Å². The van der Waals surface area contributed by atoms with Gasteiger partial charge in [-0.2, -0.15) is 0 Å². The smallest absolute Gasteiger partial charge is 0.242 e. The van der Waals surface area contributed by atoms with Crippen molar-refractivity contribution >= 4 is 29.1 Å². The summed E-state index contributed by atoms with van der Waals surface area (Å²) < 4.78 is 0. The third-order valence-corrected chi connectivity index (χ3v) is 3.98. The number of hydrogen-bond acceptors (Lipinski definition) is 4. The summed E-state index contributed by atoms with van der Waals surface area (Å²) in [7, 11) is 3.86. The molecule has 0 bridgehead atoms. The fourth-order valence-electron chi connectivity index (χ4n) is 2.56. The van der Waals surface area contributed by atoms with Gasteiger partial charge < -0.3 is 15.5 Å². The van der Waals surface area contributed by atoms with E-state index in [1.54, 1.807) is 0 Å². The van der Waals surface area contributed by atoms with Crippen molar-refractivity contribution in [2.75, 3.05) is 20.6 Å². The summed E-state index contributed by atoms with van der Waals surface area (Å²) >= 11 is 4.87. The van der Waals surface area contributed by atoms with Crippen LogP contribution in [0.2, 0.25) is 0 Å². The number of carbonyl (C=O) groups excluding carboxylic acids is 2. The van der Waals surface area contributed by atoms with Crippen LogP contribution in [0.5, 0.6) is 0 Å². The fraction of sp³-hybridized carbons (Fsp3) is 0.769. The summed E-state index contributed by atoms with van der Waals surface area (Å²) in [5.41, 5.74) is -1.01. The van der Waals surface area contributed by atoms with E-state index in [-0.39, 0.29) is 22.8 Å². The summed E-state index contributed by atoms with van der Waals surface area (Å²) in [6.07, 6.45) is 2.28. The first-order valence-corrected chi connectivity index (χ1v) is 7.07. The Kier molecular flexibility index (Phi) is 5.43. The summed E-state index contributed by atoms with van der Waals surface area (Å²) in [6.45, 7) is 4.70. The molecule has 1 saturated heterocycles. The lowest BCUT2D eigenvalue weighted by Gasteiger charge is -2.40. The van der Waals surface area contributed by atoms with Gasteiger partial charge in [-0.25, -0.2) is 0 Å². The lowest BCUT2D eigenvalue weighted by Crippen LogP contribution is -2.65. The third kappa shape index (κ3) is 3.30. The van der Waals surface area contributed by atoms with E-state index in [1.165, 1.54) is 0 Å². The van der Waals surface area contributed by atoms with Gasteiger partial charge in [0, 0.05) is 0 Å². The zero-order valence-corrected chi connectivity index (χ0v) is 12.9. The van der Waals surface area contributed by atoms with Crippen LogP contribution < -0.4 is 10.6 Å². The topological polar surface area (TPSA) is 61.4 Å². The average Bonchev–Trinajstić information content (AvgIpc) is 2.28. The molecule has 0 aromatic carbocycles. The molecule has 1 rings (SSSR count). The molecule has 108 valence electrons. The van der Waals surface area contributed by atoms with Crippen molar-refractivity contribution in [2.24, 2.45) is 11.3 Å². The molecule has 0 saturated carbocycles. The standard InChI is InChI=1S/C13H23N3O2S/c1-5-6-9(2)13(7-8-16(3)4)10(17)14-12(19)15-11(13)18/h9H,5-8H2,1-4H3,(H2,14,15,17,18,19). The van der Waals surface area contributed by atoms with Crippen molar-refractivity contribution < 1.29 is 9.59 Å². The number of carbonyl (C=O) groups is 2. The van der Waals surface area contributed by atoms with E-state index in [1.807, 2.05) is 25.9 Å². The van der Waals surface area contributed by atoms with Crippen LogP contribution in [0, 0.1) is 11.3 Å². The average molecular weight is 285 g/mol. The minimum Gasteiger partial charge on any atom is -0.309 e. The summed E-state index contributed by atoms with van der Waals surface area (Å²) in [5.74, 6) is -0.534. The lowest BCUT2D eigenvalue weighted by atomic mass is 9.69. The molecule has 1 fully saturated rings. The van der Waals surface area contributed by atoms with Crippen molar-refractivity contribution in [2.45, 2.75) is 33.1 Å². The quantitative estimate of drug-likeness (QED) is 0.562. The summed E-state index contributed by atoms with van der Waals surface area (Å²) in [6, 6.07) is 0. The maximum Gasteiger partial charge on any atom is 0.242 e. The normalized spacial score (nSPS) is 20.2. The van der Waals surface area contributed by atoms with Gasteiger partial charge in [-0.15, -0.1) is 0 Å². The highest BCUT2D eigenvalue weighted by Gasteiger charge is 2.52. The Balaban J connectivity index is 3.05. The van der Waals surface area contributed by atoms with Crippen LogP contribution in [-0.2, 0) is 9.59 Å². The Bertz CT molecular complexity index is 362. The Morgan fingerprint density at radius 2 is 1.79 bits per heavy atom. The molecule has 0 radical (unpaired) electrons. The van der Waals surface area contributed by atoms with Crippen LogP contribution in [0.25, 0.3) is 0 Å². The number of thiocarbonyl (C=S) groups is 1. The van der Waals surface area contributed by atoms with Gasteiger partial charge in [0.05, 0.1) is 0 Å².